The van der Waals surface area contributed by atoms with Crippen molar-refractivity contribution in [3.63, 3.8) is 0 Å². The van der Waals surface area contributed by atoms with E-state index in [1.165, 1.54) is 22.2 Å². The van der Waals surface area contributed by atoms with Crippen molar-refractivity contribution in [1.29, 1.82) is 0 Å². The van der Waals surface area contributed by atoms with Gasteiger partial charge in [0.25, 0.3) is 5.91 Å². The predicted molar refractivity (Wildman–Crippen MR) is 108 cm³/mol. The molecular weight excluding hydrogens is 408 g/mol. The van der Waals surface area contributed by atoms with Crippen LogP contribution in [0, 0.1) is 6.92 Å². The van der Waals surface area contributed by atoms with E-state index in [0.717, 1.165) is 11.1 Å². The van der Waals surface area contributed by atoms with Crippen LogP contribution in [-0.4, -0.2) is 55.9 Å². The minimum Gasteiger partial charge on any atom is -0.454 e. The third kappa shape index (κ3) is 4.11. The molecule has 4 rings (SSSR count). The number of hydrogen-bond acceptors (Lipinski definition) is 6. The van der Waals surface area contributed by atoms with E-state index in [0.29, 0.717) is 31.0 Å². The fourth-order valence-corrected chi connectivity index (χ4v) is 4.70. The number of ether oxygens (including phenoxy) is 2. The zero-order chi connectivity index (χ0) is 21.3. The third-order valence-corrected chi connectivity index (χ3v) is 6.71. The number of aryl methyl sites for hydroxylation is 1. The highest BCUT2D eigenvalue weighted by Crippen LogP contribution is 2.32. The maximum Gasteiger partial charge on any atom is 0.256 e. The van der Waals surface area contributed by atoms with E-state index in [1.807, 2.05) is 6.92 Å². The Morgan fingerprint density at radius 3 is 2.33 bits per heavy atom. The second kappa shape index (κ2) is 7.98. The largest absolute Gasteiger partial charge is 0.454 e. The second-order valence-electron chi connectivity index (χ2n) is 7.32. The summed E-state index contributed by atoms with van der Waals surface area (Å²) in [5.41, 5.74) is 1.66. The molecule has 30 heavy (non-hydrogen) atoms. The average Bonchev–Trinajstić information content (AvgIpc) is 3.37. The first kappa shape index (κ1) is 20.2. The summed E-state index contributed by atoms with van der Waals surface area (Å²) in [7, 11) is -3.79. The van der Waals surface area contributed by atoms with E-state index >= 15 is 0 Å². The van der Waals surface area contributed by atoms with Crippen LogP contribution in [0.2, 0.25) is 0 Å². The first-order valence-corrected chi connectivity index (χ1v) is 11.3. The maximum absolute atomic E-state index is 12.8. The molecule has 0 N–H and O–H groups in total. The first-order valence-electron chi connectivity index (χ1n) is 9.62. The number of hydrogen-bond donors (Lipinski definition) is 0. The highest BCUT2D eigenvalue weighted by molar-refractivity contribution is 7.92. The Morgan fingerprint density at radius 1 is 0.933 bits per heavy atom. The van der Waals surface area contributed by atoms with Gasteiger partial charge in [-0.2, -0.15) is 0 Å². The van der Waals surface area contributed by atoms with Crippen molar-refractivity contribution >= 4 is 21.7 Å². The summed E-state index contributed by atoms with van der Waals surface area (Å²) in [6.45, 7) is 2.70. The first-order chi connectivity index (χ1) is 14.3. The van der Waals surface area contributed by atoms with Gasteiger partial charge < -0.3 is 9.47 Å². The Labute approximate surface area is 174 Å². The zero-order valence-corrected chi connectivity index (χ0v) is 17.4. The lowest BCUT2D eigenvalue weighted by Crippen LogP contribution is -2.47. The number of rotatable bonds is 5. The monoisotopic (exact) mass is 430 g/mol. The quantitative estimate of drug-likeness (QED) is 0.717. The number of carbonyl (C=O) groups is 2. The molecule has 1 saturated heterocycles. The Hall–Kier alpha value is -3.07. The summed E-state index contributed by atoms with van der Waals surface area (Å²) in [5.74, 6) is -0.340. The fraction of sp³-hybridized carbons (Fsp3) is 0.333. The van der Waals surface area contributed by atoms with Crippen LogP contribution in [0.15, 0.2) is 47.4 Å². The normalized spacial score (nSPS) is 15.5. The predicted octanol–water partition coefficient (Wildman–Crippen LogP) is 1.72. The molecule has 0 aliphatic carbocycles. The lowest BCUT2D eigenvalue weighted by molar-refractivity contribution is -0.155. The molecule has 2 amide bonds. The molecule has 0 atom stereocenters. The van der Waals surface area contributed by atoms with Gasteiger partial charge in [0.2, 0.25) is 12.7 Å². The summed E-state index contributed by atoms with van der Waals surface area (Å²) in [6, 6.07) is 11.6. The Morgan fingerprint density at radius 2 is 1.60 bits per heavy atom. The van der Waals surface area contributed by atoms with E-state index in [2.05, 4.69) is 0 Å². The van der Waals surface area contributed by atoms with E-state index in [1.54, 1.807) is 30.3 Å². The summed E-state index contributed by atoms with van der Waals surface area (Å²) in [6.07, 6.45) is 0.675. The van der Waals surface area contributed by atoms with E-state index in [4.69, 9.17) is 9.47 Å². The standard InChI is InChI=1S/C21H22N2O6S/c1-15-3-6-17(7-4-15)30(26,27)13-21(25)23-10-2-9-22(23)20(24)12-16-5-8-18-19(11-16)29-14-28-18/h3-8,11H,2,9-10,12-14H2,1H3. The smallest absolute Gasteiger partial charge is 0.256 e. The molecule has 0 aromatic heterocycles. The van der Waals surface area contributed by atoms with Crippen LogP contribution in [0.5, 0.6) is 11.5 Å². The van der Waals surface area contributed by atoms with Crippen molar-refractivity contribution < 1.29 is 27.5 Å². The van der Waals surface area contributed by atoms with Crippen LogP contribution < -0.4 is 9.47 Å². The number of hydrazine groups is 1. The topological polar surface area (TPSA) is 93.2 Å². The van der Waals surface area contributed by atoms with E-state index in [9.17, 15) is 18.0 Å². The molecule has 0 radical (unpaired) electrons. The molecule has 2 aliphatic heterocycles. The van der Waals surface area contributed by atoms with Gasteiger partial charge in [-0.05, 0) is 43.2 Å². The van der Waals surface area contributed by atoms with Gasteiger partial charge in [-0.15, -0.1) is 0 Å². The molecule has 2 aromatic rings. The molecule has 2 heterocycles. The Kier molecular flexibility index (Phi) is 5.38. The summed E-state index contributed by atoms with van der Waals surface area (Å²) >= 11 is 0. The van der Waals surface area contributed by atoms with E-state index in [-0.39, 0.29) is 24.0 Å². The molecule has 2 aromatic carbocycles. The van der Waals surface area contributed by atoms with Crippen LogP contribution in [-0.2, 0) is 25.8 Å². The van der Waals surface area contributed by atoms with Gasteiger partial charge in [-0.3, -0.25) is 19.6 Å². The summed E-state index contributed by atoms with van der Waals surface area (Å²) in [5, 5.41) is 2.60. The van der Waals surface area contributed by atoms with Crippen LogP contribution in [0.3, 0.4) is 0 Å². The number of carbonyl (C=O) groups excluding carboxylic acids is 2. The van der Waals surface area contributed by atoms with Crippen molar-refractivity contribution in [2.75, 3.05) is 25.6 Å². The molecule has 2 aliphatic rings. The van der Waals surface area contributed by atoms with Gasteiger partial charge in [-0.1, -0.05) is 23.8 Å². The number of sulfone groups is 1. The molecular formula is C21H22N2O6S. The molecule has 8 nitrogen and oxygen atoms in total. The van der Waals surface area contributed by atoms with Gasteiger partial charge in [0.15, 0.2) is 21.3 Å². The third-order valence-electron chi connectivity index (χ3n) is 5.09. The number of benzene rings is 2. The van der Waals surface area contributed by atoms with Crippen molar-refractivity contribution in [3.05, 3.63) is 53.6 Å². The van der Waals surface area contributed by atoms with Crippen molar-refractivity contribution in [1.82, 2.24) is 10.0 Å². The maximum atomic E-state index is 12.8. The lowest BCUT2D eigenvalue weighted by Gasteiger charge is -2.28. The summed E-state index contributed by atoms with van der Waals surface area (Å²) < 4.78 is 35.8. The molecule has 0 bridgehead atoms. The van der Waals surface area contributed by atoms with Crippen molar-refractivity contribution in [3.8, 4) is 11.5 Å². The second-order valence-corrected chi connectivity index (χ2v) is 9.31. The Bertz CT molecular complexity index is 1080. The summed E-state index contributed by atoms with van der Waals surface area (Å²) in [4.78, 5) is 25.6. The minimum atomic E-state index is -3.79. The average molecular weight is 430 g/mol. The van der Waals surface area contributed by atoms with Crippen LogP contribution in [0.1, 0.15) is 17.5 Å². The van der Waals surface area contributed by atoms with Crippen molar-refractivity contribution in [2.45, 2.75) is 24.7 Å². The molecule has 0 saturated carbocycles. The number of amides is 2. The van der Waals surface area contributed by atoms with Crippen LogP contribution >= 0.6 is 0 Å². The highest BCUT2D eigenvalue weighted by atomic mass is 32.2. The molecule has 1 fully saturated rings. The molecule has 0 spiro atoms. The number of fused-ring (bicyclic) bond motifs is 1. The Balaban J connectivity index is 1.44. The SMILES string of the molecule is Cc1ccc(S(=O)(=O)CC(=O)N2CCCN2C(=O)Cc2ccc3c(c2)OCO3)cc1. The number of nitrogens with zero attached hydrogens (tertiary/aromatic N) is 2. The molecule has 0 unspecified atom stereocenters. The van der Waals surface area contributed by atoms with Gasteiger partial charge >= 0.3 is 0 Å². The molecule has 9 heteroatoms. The van der Waals surface area contributed by atoms with Crippen LogP contribution in [0.25, 0.3) is 0 Å². The zero-order valence-electron chi connectivity index (χ0n) is 16.5. The fourth-order valence-electron chi connectivity index (χ4n) is 3.51. The lowest BCUT2D eigenvalue weighted by atomic mass is 10.1. The van der Waals surface area contributed by atoms with Gasteiger partial charge in [0.1, 0.15) is 5.75 Å². The minimum absolute atomic E-state index is 0.0745. The van der Waals surface area contributed by atoms with Gasteiger partial charge in [0.05, 0.1) is 11.3 Å². The van der Waals surface area contributed by atoms with E-state index < -0.39 is 21.5 Å². The van der Waals surface area contributed by atoms with Crippen molar-refractivity contribution in [2.24, 2.45) is 0 Å². The van der Waals surface area contributed by atoms with Gasteiger partial charge in [0, 0.05) is 13.1 Å². The van der Waals surface area contributed by atoms with Gasteiger partial charge in [-0.25, -0.2) is 8.42 Å². The highest BCUT2D eigenvalue weighted by Gasteiger charge is 2.33. The molecule has 158 valence electrons. The van der Waals surface area contributed by atoms with Crippen LogP contribution in [0.4, 0.5) is 0 Å².